The summed E-state index contributed by atoms with van der Waals surface area (Å²) in [6, 6.07) is 5.34. The maximum absolute atomic E-state index is 12.8. The Bertz CT molecular complexity index is 728. The van der Waals surface area contributed by atoms with E-state index < -0.39 is 0 Å². The van der Waals surface area contributed by atoms with Crippen molar-refractivity contribution in [1.29, 1.82) is 0 Å². The van der Waals surface area contributed by atoms with Crippen molar-refractivity contribution in [3.05, 3.63) is 36.2 Å². The van der Waals surface area contributed by atoms with Crippen molar-refractivity contribution in [3.63, 3.8) is 0 Å². The Kier molecular flexibility index (Phi) is 4.71. The second-order valence-electron chi connectivity index (χ2n) is 5.87. The minimum atomic E-state index is -0.162. The van der Waals surface area contributed by atoms with E-state index in [4.69, 9.17) is 9.47 Å². The zero-order chi connectivity index (χ0) is 17.1. The summed E-state index contributed by atoms with van der Waals surface area (Å²) < 4.78 is 12.3. The number of nitrogens with zero attached hydrogens (tertiary/aromatic N) is 2. The molecule has 2 heterocycles. The highest BCUT2D eigenvalue weighted by atomic mass is 16.5. The van der Waals surface area contributed by atoms with Crippen LogP contribution < -0.4 is 20.1 Å². The number of carbonyl (C=O) groups is 1. The summed E-state index contributed by atoms with van der Waals surface area (Å²) in [5, 5.41) is 10.5. The lowest BCUT2D eigenvalue weighted by atomic mass is 9.90. The fraction of sp³-hybridized carbons (Fsp3) is 0.412. The van der Waals surface area contributed by atoms with Gasteiger partial charge in [0.25, 0.3) is 0 Å². The van der Waals surface area contributed by atoms with Gasteiger partial charge in [0.05, 0.1) is 32.0 Å². The molecule has 2 aromatic rings. The summed E-state index contributed by atoms with van der Waals surface area (Å²) in [6.07, 6.45) is 3.79. The van der Waals surface area contributed by atoms with E-state index in [0.29, 0.717) is 23.7 Å². The number of nitrogens with one attached hydrogen (secondary N) is 2. The molecule has 1 aromatic carbocycles. The van der Waals surface area contributed by atoms with Crippen LogP contribution in [0.3, 0.4) is 0 Å². The highest BCUT2D eigenvalue weighted by Crippen LogP contribution is 2.32. The third-order valence-electron chi connectivity index (χ3n) is 4.37. The van der Waals surface area contributed by atoms with Crippen molar-refractivity contribution in [3.8, 4) is 11.5 Å². The first-order valence-electron chi connectivity index (χ1n) is 7.84. The maximum atomic E-state index is 12.8. The summed E-state index contributed by atoms with van der Waals surface area (Å²) in [7, 11) is 5.04. The molecule has 2 atom stereocenters. The van der Waals surface area contributed by atoms with Crippen molar-refractivity contribution in [2.75, 3.05) is 32.6 Å². The predicted octanol–water partition coefficient (Wildman–Crippen LogP) is 1.38. The van der Waals surface area contributed by atoms with Crippen LogP contribution in [-0.2, 0) is 11.8 Å². The summed E-state index contributed by atoms with van der Waals surface area (Å²) in [6.45, 7) is 1.40. The number of rotatable bonds is 5. The van der Waals surface area contributed by atoms with Crippen LogP contribution in [-0.4, -0.2) is 43.0 Å². The molecular weight excluding hydrogens is 308 g/mol. The Morgan fingerprint density at radius 2 is 2.17 bits per heavy atom. The van der Waals surface area contributed by atoms with Gasteiger partial charge >= 0.3 is 0 Å². The number of amides is 1. The first-order chi connectivity index (χ1) is 11.6. The van der Waals surface area contributed by atoms with E-state index in [0.717, 1.165) is 12.1 Å². The van der Waals surface area contributed by atoms with E-state index in [9.17, 15) is 4.79 Å². The molecule has 3 rings (SSSR count). The smallest absolute Gasteiger partial charge is 0.229 e. The van der Waals surface area contributed by atoms with Gasteiger partial charge in [0, 0.05) is 38.3 Å². The third kappa shape index (κ3) is 3.21. The average Bonchev–Trinajstić information content (AvgIpc) is 3.23. The minimum Gasteiger partial charge on any atom is -0.497 e. The molecule has 0 aliphatic carbocycles. The summed E-state index contributed by atoms with van der Waals surface area (Å²) >= 11 is 0. The third-order valence-corrected chi connectivity index (χ3v) is 4.37. The zero-order valence-electron chi connectivity index (χ0n) is 14.1. The van der Waals surface area contributed by atoms with E-state index in [-0.39, 0.29) is 17.7 Å². The Balaban J connectivity index is 1.79. The van der Waals surface area contributed by atoms with Gasteiger partial charge in [-0.1, -0.05) is 0 Å². The van der Waals surface area contributed by atoms with Gasteiger partial charge in [-0.3, -0.25) is 9.48 Å². The normalized spacial score (nSPS) is 20.0. The monoisotopic (exact) mass is 330 g/mol. The molecule has 24 heavy (non-hydrogen) atoms. The lowest BCUT2D eigenvalue weighted by Crippen LogP contribution is -2.28. The van der Waals surface area contributed by atoms with Crippen molar-refractivity contribution < 1.29 is 14.3 Å². The molecule has 1 aromatic heterocycles. The first-order valence-corrected chi connectivity index (χ1v) is 7.84. The quantitative estimate of drug-likeness (QED) is 0.866. The molecule has 0 unspecified atom stereocenters. The summed E-state index contributed by atoms with van der Waals surface area (Å²) in [5.74, 6) is 1.17. The number of carbonyl (C=O) groups excluding carboxylic acids is 1. The predicted molar refractivity (Wildman–Crippen MR) is 90.5 cm³/mol. The van der Waals surface area contributed by atoms with Crippen LogP contribution in [0.2, 0.25) is 0 Å². The van der Waals surface area contributed by atoms with E-state index in [1.54, 1.807) is 37.1 Å². The fourth-order valence-electron chi connectivity index (χ4n) is 3.07. The van der Waals surface area contributed by atoms with Crippen LogP contribution in [0.25, 0.3) is 0 Å². The molecule has 128 valence electrons. The zero-order valence-corrected chi connectivity index (χ0v) is 14.1. The lowest BCUT2D eigenvalue weighted by Gasteiger charge is -2.18. The second-order valence-corrected chi connectivity index (χ2v) is 5.87. The molecule has 2 N–H and O–H groups in total. The van der Waals surface area contributed by atoms with Crippen LogP contribution >= 0.6 is 0 Å². The van der Waals surface area contributed by atoms with Crippen molar-refractivity contribution in [2.24, 2.45) is 13.0 Å². The van der Waals surface area contributed by atoms with Crippen LogP contribution in [0.15, 0.2) is 30.6 Å². The van der Waals surface area contributed by atoms with Crippen LogP contribution in [0, 0.1) is 5.92 Å². The van der Waals surface area contributed by atoms with Crippen molar-refractivity contribution in [2.45, 2.75) is 5.92 Å². The second kappa shape index (κ2) is 6.92. The first kappa shape index (κ1) is 16.3. The van der Waals surface area contributed by atoms with Gasteiger partial charge in [0.1, 0.15) is 11.5 Å². The molecule has 1 amide bonds. The average molecular weight is 330 g/mol. The molecule has 0 spiro atoms. The van der Waals surface area contributed by atoms with E-state index in [2.05, 4.69) is 15.7 Å². The van der Waals surface area contributed by atoms with Crippen LogP contribution in [0.4, 0.5) is 5.69 Å². The van der Waals surface area contributed by atoms with Gasteiger partial charge in [0.15, 0.2) is 0 Å². The van der Waals surface area contributed by atoms with Gasteiger partial charge in [-0.25, -0.2) is 0 Å². The van der Waals surface area contributed by atoms with Crippen LogP contribution in [0.1, 0.15) is 11.5 Å². The molecule has 1 saturated heterocycles. The number of hydrogen-bond donors (Lipinski definition) is 2. The highest BCUT2D eigenvalue weighted by Gasteiger charge is 2.35. The standard InChI is InChI=1S/C17H22N4O3/c1-21-10-11(7-19-21)13-8-18-9-14(13)17(22)20-15-6-12(23-2)4-5-16(15)24-3/h4-7,10,13-14,18H,8-9H2,1-3H3,(H,20,22)/t13-,14+/m1/s1. The largest absolute Gasteiger partial charge is 0.497 e. The number of ether oxygens (including phenoxy) is 2. The SMILES string of the molecule is COc1ccc(OC)c(NC(=O)[C@H]2CNC[C@@H]2c2cnn(C)c2)c1. The van der Waals surface area contributed by atoms with E-state index >= 15 is 0 Å². The van der Waals surface area contributed by atoms with Gasteiger partial charge < -0.3 is 20.1 Å². The molecule has 1 aliphatic heterocycles. The molecule has 1 fully saturated rings. The van der Waals surface area contributed by atoms with Crippen molar-refractivity contribution in [1.82, 2.24) is 15.1 Å². The van der Waals surface area contributed by atoms with E-state index in [1.807, 2.05) is 19.4 Å². The van der Waals surface area contributed by atoms with E-state index in [1.165, 1.54) is 0 Å². The molecule has 0 radical (unpaired) electrons. The summed E-state index contributed by atoms with van der Waals surface area (Å²) in [4.78, 5) is 12.8. The van der Waals surface area contributed by atoms with Gasteiger partial charge in [-0.15, -0.1) is 0 Å². The lowest BCUT2D eigenvalue weighted by molar-refractivity contribution is -0.119. The molecule has 7 nitrogen and oxygen atoms in total. The van der Waals surface area contributed by atoms with Gasteiger partial charge in [-0.2, -0.15) is 5.10 Å². The number of aromatic nitrogens is 2. The maximum Gasteiger partial charge on any atom is 0.229 e. The minimum absolute atomic E-state index is 0.0413. The molecule has 0 saturated carbocycles. The fourth-order valence-corrected chi connectivity index (χ4v) is 3.07. The number of methoxy groups -OCH3 is 2. The summed E-state index contributed by atoms with van der Waals surface area (Å²) in [5.41, 5.74) is 1.68. The highest BCUT2D eigenvalue weighted by molar-refractivity contribution is 5.95. The topological polar surface area (TPSA) is 77.4 Å². The Morgan fingerprint density at radius 1 is 1.33 bits per heavy atom. The molecule has 1 aliphatic rings. The number of benzene rings is 1. The molecule has 0 bridgehead atoms. The molecular formula is C17H22N4O3. The van der Waals surface area contributed by atoms with Gasteiger partial charge in [-0.05, 0) is 17.7 Å². The number of aryl methyl sites for hydroxylation is 1. The molecule has 7 heteroatoms. The Labute approximate surface area is 140 Å². The van der Waals surface area contributed by atoms with Gasteiger partial charge in [0.2, 0.25) is 5.91 Å². The number of hydrogen-bond acceptors (Lipinski definition) is 5. The Hall–Kier alpha value is -2.54. The van der Waals surface area contributed by atoms with Crippen LogP contribution in [0.5, 0.6) is 11.5 Å². The van der Waals surface area contributed by atoms with Crippen molar-refractivity contribution >= 4 is 11.6 Å². The Morgan fingerprint density at radius 3 is 2.83 bits per heavy atom. The number of anilines is 1.